The Morgan fingerprint density at radius 3 is 2.85 bits per heavy atom. The van der Waals surface area contributed by atoms with Crippen molar-refractivity contribution >= 4 is 28.7 Å². The van der Waals surface area contributed by atoms with Gasteiger partial charge >= 0.3 is 0 Å². The third-order valence-electron chi connectivity index (χ3n) is 4.09. The maximum absolute atomic E-state index is 13.6. The first-order valence-electron chi connectivity index (χ1n) is 8.37. The van der Waals surface area contributed by atoms with E-state index in [0.717, 1.165) is 16.8 Å². The Morgan fingerprint density at radius 1 is 1.31 bits per heavy atom. The quantitative estimate of drug-likeness (QED) is 0.674. The van der Waals surface area contributed by atoms with E-state index < -0.39 is 0 Å². The van der Waals surface area contributed by atoms with Crippen molar-refractivity contribution in [2.24, 2.45) is 7.05 Å². The highest BCUT2D eigenvalue weighted by molar-refractivity contribution is 7.98. The van der Waals surface area contributed by atoms with E-state index in [1.165, 1.54) is 6.07 Å². The summed E-state index contributed by atoms with van der Waals surface area (Å²) in [7, 11) is 1.82. The van der Waals surface area contributed by atoms with Crippen LogP contribution in [0.3, 0.4) is 0 Å². The summed E-state index contributed by atoms with van der Waals surface area (Å²) in [5.74, 6) is 0.969. The Balaban J connectivity index is 1.61. The number of halogens is 1. The van der Waals surface area contributed by atoms with Crippen LogP contribution in [0.1, 0.15) is 27.3 Å². The molecular formula is C19H21FN4OS. The molecule has 0 unspecified atom stereocenters. The minimum absolute atomic E-state index is 0.136. The van der Waals surface area contributed by atoms with Crippen LogP contribution in [0, 0.1) is 19.7 Å². The molecule has 3 rings (SSSR count). The smallest absolute Gasteiger partial charge is 0.252 e. The van der Waals surface area contributed by atoms with Gasteiger partial charge in [-0.2, -0.15) is 16.9 Å². The lowest BCUT2D eigenvalue weighted by molar-refractivity contribution is 0.0957. The molecule has 0 atom stereocenters. The molecule has 136 valence electrons. The first kappa shape index (κ1) is 18.4. The fourth-order valence-electron chi connectivity index (χ4n) is 2.88. The number of nitrogens with one attached hydrogen (secondary N) is 1. The topological polar surface area (TPSA) is 59.8 Å². The van der Waals surface area contributed by atoms with Crippen LogP contribution < -0.4 is 5.32 Å². The summed E-state index contributed by atoms with van der Waals surface area (Å²) in [6.07, 6.45) is 0. The lowest BCUT2D eigenvalue weighted by Crippen LogP contribution is -2.26. The predicted molar refractivity (Wildman–Crippen MR) is 103 cm³/mol. The highest BCUT2D eigenvalue weighted by Gasteiger charge is 2.17. The van der Waals surface area contributed by atoms with Gasteiger partial charge in [0.15, 0.2) is 5.65 Å². The monoisotopic (exact) mass is 372 g/mol. The molecule has 0 aliphatic carbocycles. The molecule has 3 aromatic rings. The van der Waals surface area contributed by atoms with Crippen molar-refractivity contribution in [2.75, 3.05) is 12.3 Å². The highest BCUT2D eigenvalue weighted by atomic mass is 32.2. The molecule has 0 bridgehead atoms. The van der Waals surface area contributed by atoms with Crippen LogP contribution in [0.2, 0.25) is 0 Å². The van der Waals surface area contributed by atoms with Crippen LogP contribution in [0.5, 0.6) is 0 Å². The molecule has 0 saturated heterocycles. The molecule has 1 N–H and O–H groups in total. The van der Waals surface area contributed by atoms with Crippen molar-refractivity contribution in [3.63, 3.8) is 0 Å². The third kappa shape index (κ3) is 3.88. The summed E-state index contributed by atoms with van der Waals surface area (Å²) in [6.45, 7) is 4.25. The Kier molecular flexibility index (Phi) is 5.56. The zero-order valence-corrected chi connectivity index (χ0v) is 15.9. The van der Waals surface area contributed by atoms with E-state index in [9.17, 15) is 9.18 Å². The van der Waals surface area contributed by atoms with E-state index in [4.69, 9.17) is 0 Å². The van der Waals surface area contributed by atoms with Crippen molar-refractivity contribution < 1.29 is 9.18 Å². The standard InChI is InChI=1S/C19H21FN4OS/c1-12-10-15(17-13(2)23-24(3)18(17)22-12)19(25)21-8-9-26-11-14-6-4-5-7-16(14)20/h4-7,10H,8-9,11H2,1-3H3,(H,21,25). The summed E-state index contributed by atoms with van der Waals surface area (Å²) in [5.41, 5.74) is 3.55. The average Bonchev–Trinajstić information content (AvgIpc) is 2.89. The Bertz CT molecular complexity index is 954. The molecule has 5 nitrogen and oxygen atoms in total. The molecule has 7 heteroatoms. The van der Waals surface area contributed by atoms with Gasteiger partial charge in [0.2, 0.25) is 0 Å². The molecule has 0 radical (unpaired) electrons. The zero-order valence-electron chi connectivity index (χ0n) is 15.0. The Labute approximate surface area is 156 Å². The maximum Gasteiger partial charge on any atom is 0.252 e. The molecule has 0 aliphatic rings. The van der Waals surface area contributed by atoms with Crippen molar-refractivity contribution in [1.82, 2.24) is 20.1 Å². The second kappa shape index (κ2) is 7.86. The lowest BCUT2D eigenvalue weighted by atomic mass is 10.1. The van der Waals surface area contributed by atoms with Gasteiger partial charge in [0, 0.05) is 30.8 Å². The van der Waals surface area contributed by atoms with Gasteiger partial charge in [0.05, 0.1) is 16.6 Å². The van der Waals surface area contributed by atoms with Crippen molar-refractivity contribution in [3.05, 3.63) is 58.7 Å². The normalized spacial score (nSPS) is 11.1. The number of benzene rings is 1. The second-order valence-corrected chi connectivity index (χ2v) is 7.22. The summed E-state index contributed by atoms with van der Waals surface area (Å²) in [5, 5.41) is 8.08. The van der Waals surface area contributed by atoms with Gasteiger partial charge in [-0.1, -0.05) is 18.2 Å². The summed E-state index contributed by atoms with van der Waals surface area (Å²) >= 11 is 1.59. The highest BCUT2D eigenvalue weighted by Crippen LogP contribution is 2.21. The minimum atomic E-state index is -0.189. The van der Waals surface area contributed by atoms with E-state index in [2.05, 4.69) is 15.4 Å². The average molecular weight is 372 g/mol. The first-order valence-corrected chi connectivity index (χ1v) is 9.53. The van der Waals surface area contributed by atoms with Crippen molar-refractivity contribution in [2.45, 2.75) is 19.6 Å². The van der Waals surface area contributed by atoms with Gasteiger partial charge in [0.1, 0.15) is 5.82 Å². The fourth-order valence-corrected chi connectivity index (χ4v) is 3.72. The molecule has 2 heterocycles. The number of carbonyl (C=O) groups excluding carboxylic acids is 1. The van der Waals surface area contributed by atoms with Gasteiger partial charge in [-0.25, -0.2) is 9.37 Å². The molecule has 0 spiro atoms. The predicted octanol–water partition coefficient (Wildman–Crippen LogP) is 3.39. The van der Waals surface area contributed by atoms with Gasteiger partial charge in [-0.15, -0.1) is 0 Å². The fraction of sp³-hybridized carbons (Fsp3) is 0.316. The number of thioether (sulfide) groups is 1. The summed E-state index contributed by atoms with van der Waals surface area (Å²) in [4.78, 5) is 17.1. The van der Waals surface area contributed by atoms with Crippen LogP contribution in [-0.2, 0) is 12.8 Å². The minimum Gasteiger partial charge on any atom is -0.351 e. The number of amides is 1. The summed E-state index contributed by atoms with van der Waals surface area (Å²) in [6, 6.07) is 8.54. The number of rotatable bonds is 6. The molecule has 0 fully saturated rings. The van der Waals surface area contributed by atoms with Crippen molar-refractivity contribution in [3.8, 4) is 0 Å². The van der Waals surface area contributed by atoms with Crippen LogP contribution in [0.15, 0.2) is 30.3 Å². The summed E-state index contributed by atoms with van der Waals surface area (Å²) < 4.78 is 15.3. The number of hydrogen-bond acceptors (Lipinski definition) is 4. The Morgan fingerprint density at radius 2 is 2.08 bits per heavy atom. The van der Waals surface area contributed by atoms with Gasteiger partial charge < -0.3 is 5.32 Å². The van der Waals surface area contributed by atoms with E-state index in [1.807, 2.05) is 27.0 Å². The van der Waals surface area contributed by atoms with Gasteiger partial charge in [-0.3, -0.25) is 9.48 Å². The number of nitrogens with zero attached hydrogens (tertiary/aromatic N) is 3. The Hall–Kier alpha value is -2.41. The third-order valence-corrected chi connectivity index (χ3v) is 5.10. The van der Waals surface area contributed by atoms with Gasteiger partial charge in [0.25, 0.3) is 5.91 Å². The van der Waals surface area contributed by atoms with Crippen LogP contribution >= 0.6 is 11.8 Å². The van der Waals surface area contributed by atoms with Crippen LogP contribution in [-0.4, -0.2) is 33.0 Å². The van der Waals surface area contributed by atoms with Crippen LogP contribution in [0.4, 0.5) is 4.39 Å². The number of carbonyl (C=O) groups is 1. The molecule has 0 aliphatic heterocycles. The van der Waals surface area contributed by atoms with Crippen molar-refractivity contribution in [1.29, 1.82) is 0 Å². The number of hydrogen-bond donors (Lipinski definition) is 1. The molecule has 1 amide bonds. The number of aryl methyl sites for hydroxylation is 3. The number of pyridine rings is 1. The second-order valence-electron chi connectivity index (χ2n) is 6.12. The molecule has 2 aromatic heterocycles. The zero-order chi connectivity index (χ0) is 18.7. The molecule has 0 saturated carbocycles. The molecule has 1 aromatic carbocycles. The largest absolute Gasteiger partial charge is 0.351 e. The molecule has 26 heavy (non-hydrogen) atoms. The first-order chi connectivity index (χ1) is 12.5. The van der Waals surface area contributed by atoms with Crippen LogP contribution in [0.25, 0.3) is 11.0 Å². The van der Waals surface area contributed by atoms with E-state index in [1.54, 1.807) is 34.6 Å². The van der Waals surface area contributed by atoms with E-state index in [0.29, 0.717) is 34.8 Å². The van der Waals surface area contributed by atoms with E-state index >= 15 is 0 Å². The molecular weight excluding hydrogens is 351 g/mol. The van der Waals surface area contributed by atoms with Gasteiger partial charge in [-0.05, 0) is 31.5 Å². The lowest BCUT2D eigenvalue weighted by Gasteiger charge is -2.08. The maximum atomic E-state index is 13.6. The number of aromatic nitrogens is 3. The van der Waals surface area contributed by atoms with E-state index in [-0.39, 0.29) is 11.7 Å². The SMILES string of the molecule is Cc1cc(C(=O)NCCSCc2ccccc2F)c2c(C)nn(C)c2n1. The number of fused-ring (bicyclic) bond motifs is 1.